The molecule has 5 heteroatoms. The fraction of sp³-hybridized carbons (Fsp3) is 0. The number of rotatable bonds is 6. The van der Waals surface area contributed by atoms with Crippen LogP contribution < -0.4 is 0 Å². The number of fused-ring (bicyclic) bond motifs is 10. The molecular weight excluding hydrogens is 869 g/mol. The molecular formula is C62H36N2S3. The van der Waals surface area contributed by atoms with Crippen LogP contribution in [0.15, 0.2) is 218 Å². The van der Waals surface area contributed by atoms with E-state index in [2.05, 4.69) is 218 Å². The van der Waals surface area contributed by atoms with Gasteiger partial charge >= 0.3 is 0 Å². The van der Waals surface area contributed by atoms with Crippen molar-refractivity contribution in [2.75, 3.05) is 0 Å². The first-order valence-corrected chi connectivity index (χ1v) is 25.0. The summed E-state index contributed by atoms with van der Waals surface area (Å²) in [6, 6.07) is 79.8. The van der Waals surface area contributed by atoms with Gasteiger partial charge in [-0.1, -0.05) is 176 Å². The molecule has 0 bridgehead atoms. The van der Waals surface area contributed by atoms with Crippen LogP contribution in [0.1, 0.15) is 0 Å². The SMILES string of the molecule is c1ccc(-c2nc(-c3ccc4ccccc4c3)cc(-c3c(-c4cccc5c4sc4ccccc45)cc(-c4cccc5c4sc4ccccc45)cc3-c3cccc4c3sc3ccccc34)n2)cc1. The average Bonchev–Trinajstić information content (AvgIpc) is 4.10. The van der Waals surface area contributed by atoms with Gasteiger partial charge in [-0.15, -0.1) is 34.0 Å². The summed E-state index contributed by atoms with van der Waals surface area (Å²) in [6.45, 7) is 0. The monoisotopic (exact) mass is 904 g/mol. The molecule has 0 N–H and O–H groups in total. The fourth-order valence-corrected chi connectivity index (χ4v) is 13.9. The van der Waals surface area contributed by atoms with E-state index in [4.69, 9.17) is 9.97 Å². The lowest BCUT2D eigenvalue weighted by atomic mass is 9.85. The zero-order chi connectivity index (χ0) is 44.0. The van der Waals surface area contributed by atoms with E-state index in [0.29, 0.717) is 5.82 Å². The van der Waals surface area contributed by atoms with E-state index in [1.54, 1.807) is 0 Å². The molecule has 0 saturated carbocycles. The zero-order valence-electron chi connectivity index (χ0n) is 35.9. The van der Waals surface area contributed by atoms with Crippen LogP contribution in [0.4, 0.5) is 0 Å². The Balaban J connectivity index is 1.15. The van der Waals surface area contributed by atoms with E-state index < -0.39 is 0 Å². The number of hydrogen-bond donors (Lipinski definition) is 0. The number of hydrogen-bond acceptors (Lipinski definition) is 5. The van der Waals surface area contributed by atoms with Gasteiger partial charge in [0.2, 0.25) is 0 Å². The molecule has 0 atom stereocenters. The van der Waals surface area contributed by atoms with Crippen LogP contribution in [-0.2, 0) is 0 Å². The number of nitrogens with zero attached hydrogens (tertiary/aromatic N) is 2. The average molecular weight is 905 g/mol. The Morgan fingerprint density at radius 1 is 0.269 bits per heavy atom. The first-order chi connectivity index (χ1) is 33.2. The molecule has 0 spiro atoms. The maximum atomic E-state index is 5.66. The Kier molecular flexibility index (Phi) is 8.84. The summed E-state index contributed by atoms with van der Waals surface area (Å²) in [5.41, 5.74) is 11.9. The summed E-state index contributed by atoms with van der Waals surface area (Å²) >= 11 is 5.63. The molecule has 0 aliphatic rings. The Morgan fingerprint density at radius 2 is 0.731 bits per heavy atom. The Bertz CT molecular complexity index is 4150. The molecule has 14 rings (SSSR count). The summed E-state index contributed by atoms with van der Waals surface area (Å²) in [5, 5.41) is 10.0. The molecule has 0 unspecified atom stereocenters. The highest BCUT2D eigenvalue weighted by Crippen LogP contribution is 2.51. The molecule has 67 heavy (non-hydrogen) atoms. The molecule has 4 heterocycles. The minimum Gasteiger partial charge on any atom is -0.228 e. The van der Waals surface area contributed by atoms with Crippen LogP contribution in [0.5, 0.6) is 0 Å². The summed E-state index contributed by atoms with van der Waals surface area (Å²) in [5.74, 6) is 0.692. The van der Waals surface area contributed by atoms with Gasteiger partial charge in [0.15, 0.2) is 5.82 Å². The van der Waals surface area contributed by atoms with Crippen LogP contribution in [0.25, 0.3) is 139 Å². The Labute approximate surface area is 398 Å². The van der Waals surface area contributed by atoms with Gasteiger partial charge in [0.25, 0.3) is 0 Å². The van der Waals surface area contributed by atoms with Crippen LogP contribution in [0.3, 0.4) is 0 Å². The molecule has 312 valence electrons. The first-order valence-electron chi connectivity index (χ1n) is 22.5. The standard InChI is InChI=1S/C62H36N2S3/c1-2-16-38(17-3-1)62-63-53(40-32-31-37-15-4-5-18-39(37)33-40)36-54(64-62)58-51(49-26-13-24-47-44-20-7-10-29-56(44)66-60(47)49)34-41(42-22-12-23-46-43-19-6-9-28-55(43)65-59(42)46)35-52(58)50-27-14-25-48-45-21-8-11-30-57(45)67-61(48)50/h1-36H. The third kappa shape index (κ3) is 6.27. The highest BCUT2D eigenvalue weighted by atomic mass is 32.1. The van der Waals surface area contributed by atoms with E-state index in [1.807, 2.05) is 34.0 Å². The van der Waals surface area contributed by atoms with Crippen molar-refractivity contribution in [3.63, 3.8) is 0 Å². The topological polar surface area (TPSA) is 25.8 Å². The smallest absolute Gasteiger partial charge is 0.160 e. The second kappa shape index (κ2) is 15.4. The molecule has 4 aromatic heterocycles. The summed E-state index contributed by atoms with van der Waals surface area (Å²) in [6.07, 6.45) is 0. The summed E-state index contributed by atoms with van der Waals surface area (Å²) in [7, 11) is 0. The second-order valence-corrected chi connectivity index (χ2v) is 20.3. The Morgan fingerprint density at radius 3 is 1.31 bits per heavy atom. The van der Waals surface area contributed by atoms with Crippen molar-refractivity contribution in [2.45, 2.75) is 0 Å². The van der Waals surface area contributed by atoms with E-state index in [1.165, 1.54) is 93.5 Å². The van der Waals surface area contributed by atoms with Crippen LogP contribution in [0, 0.1) is 0 Å². The molecule has 0 amide bonds. The van der Waals surface area contributed by atoms with Gasteiger partial charge in [-0.3, -0.25) is 0 Å². The van der Waals surface area contributed by atoms with Gasteiger partial charge in [0.1, 0.15) is 0 Å². The maximum absolute atomic E-state index is 5.66. The van der Waals surface area contributed by atoms with E-state index in [0.717, 1.165) is 39.2 Å². The predicted molar refractivity (Wildman–Crippen MR) is 291 cm³/mol. The molecule has 10 aromatic carbocycles. The predicted octanol–water partition coefficient (Wildman–Crippen LogP) is 18.7. The maximum Gasteiger partial charge on any atom is 0.160 e. The van der Waals surface area contributed by atoms with Crippen molar-refractivity contribution < 1.29 is 0 Å². The van der Waals surface area contributed by atoms with Gasteiger partial charge in [0, 0.05) is 88.3 Å². The largest absolute Gasteiger partial charge is 0.228 e. The van der Waals surface area contributed by atoms with Crippen molar-refractivity contribution in [3.05, 3.63) is 218 Å². The highest BCUT2D eigenvalue weighted by Gasteiger charge is 2.25. The van der Waals surface area contributed by atoms with E-state index >= 15 is 0 Å². The minimum absolute atomic E-state index is 0.692. The zero-order valence-corrected chi connectivity index (χ0v) is 38.4. The van der Waals surface area contributed by atoms with Crippen molar-refractivity contribution in [1.82, 2.24) is 9.97 Å². The summed E-state index contributed by atoms with van der Waals surface area (Å²) < 4.78 is 7.67. The van der Waals surface area contributed by atoms with Crippen LogP contribution >= 0.6 is 34.0 Å². The minimum atomic E-state index is 0.692. The third-order valence-electron chi connectivity index (χ3n) is 13.3. The second-order valence-electron chi connectivity index (χ2n) is 17.2. The van der Waals surface area contributed by atoms with Crippen molar-refractivity contribution in [3.8, 4) is 67.3 Å². The van der Waals surface area contributed by atoms with Crippen LogP contribution in [0.2, 0.25) is 0 Å². The Hall–Kier alpha value is -7.80. The van der Waals surface area contributed by atoms with Crippen molar-refractivity contribution >= 4 is 105 Å². The third-order valence-corrected chi connectivity index (χ3v) is 17.0. The molecule has 14 aromatic rings. The lowest BCUT2D eigenvalue weighted by molar-refractivity contribution is 1.18. The summed E-state index contributed by atoms with van der Waals surface area (Å²) in [4.78, 5) is 11.0. The highest BCUT2D eigenvalue weighted by molar-refractivity contribution is 7.27. The molecule has 0 fully saturated rings. The van der Waals surface area contributed by atoms with E-state index in [-0.39, 0.29) is 0 Å². The van der Waals surface area contributed by atoms with Crippen molar-refractivity contribution in [1.29, 1.82) is 0 Å². The van der Waals surface area contributed by atoms with Gasteiger partial charge in [-0.05, 0) is 75.5 Å². The molecule has 0 saturated heterocycles. The van der Waals surface area contributed by atoms with Gasteiger partial charge in [-0.25, -0.2) is 9.97 Å². The molecule has 0 aliphatic heterocycles. The fourth-order valence-electron chi connectivity index (χ4n) is 10.2. The molecule has 0 aliphatic carbocycles. The lowest BCUT2D eigenvalue weighted by Crippen LogP contribution is -2.00. The quantitative estimate of drug-likeness (QED) is 0.166. The molecule has 2 nitrogen and oxygen atoms in total. The van der Waals surface area contributed by atoms with Gasteiger partial charge in [-0.2, -0.15) is 0 Å². The normalized spacial score (nSPS) is 11.9. The number of thiophene rings is 3. The lowest BCUT2D eigenvalue weighted by Gasteiger charge is -2.20. The van der Waals surface area contributed by atoms with Gasteiger partial charge in [0.05, 0.1) is 11.4 Å². The molecule has 0 radical (unpaired) electrons. The van der Waals surface area contributed by atoms with Gasteiger partial charge < -0.3 is 0 Å². The van der Waals surface area contributed by atoms with E-state index in [9.17, 15) is 0 Å². The van der Waals surface area contributed by atoms with Crippen molar-refractivity contribution in [2.24, 2.45) is 0 Å². The number of benzene rings is 10. The number of aromatic nitrogens is 2. The first kappa shape index (κ1) is 38.5. The van der Waals surface area contributed by atoms with Crippen LogP contribution in [-0.4, -0.2) is 9.97 Å².